The van der Waals surface area contributed by atoms with Crippen molar-refractivity contribution in [1.82, 2.24) is 4.98 Å². The Morgan fingerprint density at radius 3 is 2.57 bits per heavy atom. The third kappa shape index (κ3) is 2.92. The molecule has 0 aliphatic carbocycles. The highest BCUT2D eigenvalue weighted by Crippen LogP contribution is 2.17. The van der Waals surface area contributed by atoms with Crippen molar-refractivity contribution in [2.75, 3.05) is 6.61 Å². The lowest BCUT2D eigenvalue weighted by Crippen LogP contribution is -2.20. The van der Waals surface area contributed by atoms with Gasteiger partial charge in [0.05, 0.1) is 16.8 Å². The molecule has 0 aliphatic rings. The second kappa shape index (κ2) is 5.26. The van der Waals surface area contributed by atoms with Crippen LogP contribution in [0, 0.1) is 0 Å². The zero-order chi connectivity index (χ0) is 10.6. The van der Waals surface area contributed by atoms with Crippen molar-refractivity contribution in [3.63, 3.8) is 0 Å². The van der Waals surface area contributed by atoms with Gasteiger partial charge in [-0.1, -0.05) is 11.6 Å². The second-order valence-corrected chi connectivity index (χ2v) is 3.36. The summed E-state index contributed by atoms with van der Waals surface area (Å²) >= 11 is 5.61. The number of aliphatic hydroxyl groups is 3. The van der Waals surface area contributed by atoms with Crippen LogP contribution in [0.3, 0.4) is 0 Å². The van der Waals surface area contributed by atoms with Gasteiger partial charge < -0.3 is 15.3 Å². The van der Waals surface area contributed by atoms with E-state index in [2.05, 4.69) is 4.98 Å². The number of aromatic nitrogens is 1. The fourth-order valence-electron chi connectivity index (χ4n) is 1.05. The van der Waals surface area contributed by atoms with Gasteiger partial charge in [0.2, 0.25) is 0 Å². The predicted octanol–water partition coefficient (Wildman–Crippen LogP) is 0.512. The van der Waals surface area contributed by atoms with Crippen molar-refractivity contribution in [3.05, 3.63) is 29.0 Å². The fraction of sp³-hybridized carbons (Fsp3) is 0.444. The maximum atomic E-state index is 9.54. The van der Waals surface area contributed by atoms with E-state index in [0.29, 0.717) is 10.7 Å². The van der Waals surface area contributed by atoms with Crippen LogP contribution < -0.4 is 0 Å². The molecule has 5 heteroatoms. The Morgan fingerprint density at radius 1 is 1.36 bits per heavy atom. The first-order chi connectivity index (χ1) is 6.65. The normalized spacial score (nSPS) is 15.1. The van der Waals surface area contributed by atoms with E-state index in [1.807, 2.05) is 0 Å². The zero-order valence-corrected chi connectivity index (χ0v) is 8.22. The molecule has 78 valence electrons. The highest BCUT2D eigenvalue weighted by Gasteiger charge is 2.18. The molecule has 0 amide bonds. The number of halogens is 1. The van der Waals surface area contributed by atoms with Crippen LogP contribution in [0.25, 0.3) is 0 Å². The van der Waals surface area contributed by atoms with Crippen molar-refractivity contribution in [2.24, 2.45) is 0 Å². The minimum atomic E-state index is -1.08. The van der Waals surface area contributed by atoms with Gasteiger partial charge in [0.15, 0.2) is 0 Å². The first-order valence-corrected chi connectivity index (χ1v) is 4.61. The third-order valence-electron chi connectivity index (χ3n) is 1.84. The molecule has 4 nitrogen and oxygen atoms in total. The first-order valence-electron chi connectivity index (χ1n) is 4.23. The molecule has 0 fully saturated rings. The van der Waals surface area contributed by atoms with Crippen LogP contribution in [-0.4, -0.2) is 33.0 Å². The molecule has 1 heterocycles. The minimum absolute atomic E-state index is 0.117. The Bertz CT molecular complexity index is 278. The smallest absolute Gasteiger partial charge is 0.122 e. The zero-order valence-electron chi connectivity index (χ0n) is 7.47. The first kappa shape index (κ1) is 11.4. The van der Waals surface area contributed by atoms with Gasteiger partial charge in [-0.25, -0.2) is 0 Å². The molecule has 0 spiro atoms. The van der Waals surface area contributed by atoms with E-state index in [1.54, 1.807) is 6.07 Å². The van der Waals surface area contributed by atoms with E-state index in [1.165, 1.54) is 12.3 Å². The van der Waals surface area contributed by atoms with Crippen LogP contribution in [0.2, 0.25) is 5.02 Å². The van der Waals surface area contributed by atoms with E-state index in [0.717, 1.165) is 0 Å². The molecule has 3 N–H and O–H groups in total. The van der Waals surface area contributed by atoms with Crippen molar-refractivity contribution >= 4 is 11.6 Å². The van der Waals surface area contributed by atoms with E-state index in [9.17, 15) is 10.2 Å². The van der Waals surface area contributed by atoms with E-state index in [4.69, 9.17) is 16.7 Å². The monoisotopic (exact) mass is 217 g/mol. The summed E-state index contributed by atoms with van der Waals surface area (Å²) in [7, 11) is 0. The van der Waals surface area contributed by atoms with Crippen molar-refractivity contribution in [1.29, 1.82) is 0 Å². The van der Waals surface area contributed by atoms with Gasteiger partial charge in [-0.2, -0.15) is 0 Å². The SMILES string of the molecule is OCCC(O)C(O)c1ccc(Cl)cn1. The standard InChI is InChI=1S/C9H12ClNO3/c10-6-1-2-7(11-5-6)9(14)8(13)3-4-12/h1-2,5,8-9,12-14H,3-4H2. The summed E-state index contributed by atoms with van der Waals surface area (Å²) in [4.78, 5) is 3.86. The van der Waals surface area contributed by atoms with Gasteiger partial charge in [-0.3, -0.25) is 4.98 Å². The summed E-state index contributed by atoms with van der Waals surface area (Å²) in [5.74, 6) is 0. The Labute approximate surface area is 86.8 Å². The van der Waals surface area contributed by atoms with Crippen LogP contribution in [0.15, 0.2) is 18.3 Å². The van der Waals surface area contributed by atoms with Gasteiger partial charge in [0, 0.05) is 12.8 Å². The van der Waals surface area contributed by atoms with Gasteiger partial charge >= 0.3 is 0 Å². The molecule has 0 saturated carbocycles. The van der Waals surface area contributed by atoms with Crippen molar-refractivity contribution < 1.29 is 15.3 Å². The quantitative estimate of drug-likeness (QED) is 0.687. The molecule has 14 heavy (non-hydrogen) atoms. The molecule has 0 aliphatic heterocycles. The highest BCUT2D eigenvalue weighted by atomic mass is 35.5. The summed E-state index contributed by atoms with van der Waals surface area (Å²) < 4.78 is 0. The van der Waals surface area contributed by atoms with Gasteiger partial charge in [0.25, 0.3) is 0 Å². The molecular formula is C9H12ClNO3. The lowest BCUT2D eigenvalue weighted by atomic mass is 10.1. The fourth-order valence-corrected chi connectivity index (χ4v) is 1.16. The van der Waals surface area contributed by atoms with Gasteiger partial charge in [-0.05, 0) is 18.6 Å². The molecule has 1 rings (SSSR count). The van der Waals surface area contributed by atoms with Crippen LogP contribution in [0.4, 0.5) is 0 Å². The Morgan fingerprint density at radius 2 is 2.07 bits per heavy atom. The average molecular weight is 218 g/mol. The Kier molecular flexibility index (Phi) is 4.28. The Hall–Kier alpha value is -0.680. The number of nitrogens with zero attached hydrogens (tertiary/aromatic N) is 1. The summed E-state index contributed by atoms with van der Waals surface area (Å²) in [6.45, 7) is -0.175. The van der Waals surface area contributed by atoms with E-state index >= 15 is 0 Å². The lowest BCUT2D eigenvalue weighted by Gasteiger charge is -2.15. The number of aliphatic hydroxyl groups excluding tert-OH is 3. The predicted molar refractivity (Wildman–Crippen MR) is 51.9 cm³/mol. The molecular weight excluding hydrogens is 206 g/mol. The van der Waals surface area contributed by atoms with Crippen LogP contribution in [0.5, 0.6) is 0 Å². The molecule has 0 aromatic carbocycles. The topological polar surface area (TPSA) is 73.6 Å². The molecule has 0 saturated heterocycles. The molecule has 2 unspecified atom stereocenters. The van der Waals surface area contributed by atoms with Crippen molar-refractivity contribution in [3.8, 4) is 0 Å². The molecule has 2 atom stereocenters. The maximum Gasteiger partial charge on any atom is 0.122 e. The number of pyridine rings is 1. The van der Waals surface area contributed by atoms with Crippen LogP contribution >= 0.6 is 11.6 Å². The number of hydrogen-bond acceptors (Lipinski definition) is 4. The molecule has 0 bridgehead atoms. The summed E-state index contributed by atoms with van der Waals surface area (Å²) in [6.07, 6.45) is -0.579. The average Bonchev–Trinajstić information content (AvgIpc) is 2.18. The number of hydrogen-bond donors (Lipinski definition) is 3. The highest BCUT2D eigenvalue weighted by molar-refractivity contribution is 6.30. The van der Waals surface area contributed by atoms with E-state index in [-0.39, 0.29) is 13.0 Å². The summed E-state index contributed by atoms with van der Waals surface area (Å²) in [6, 6.07) is 3.12. The molecule has 0 radical (unpaired) electrons. The maximum absolute atomic E-state index is 9.54. The third-order valence-corrected chi connectivity index (χ3v) is 2.07. The molecule has 1 aromatic rings. The Balaban J connectivity index is 2.68. The summed E-state index contributed by atoms with van der Waals surface area (Å²) in [5.41, 5.74) is 0.343. The summed E-state index contributed by atoms with van der Waals surface area (Å²) in [5, 5.41) is 27.9. The van der Waals surface area contributed by atoms with Crippen molar-refractivity contribution in [2.45, 2.75) is 18.6 Å². The lowest BCUT2D eigenvalue weighted by molar-refractivity contribution is 0.00192. The largest absolute Gasteiger partial charge is 0.396 e. The molecule has 1 aromatic heterocycles. The van der Waals surface area contributed by atoms with Gasteiger partial charge in [0.1, 0.15) is 6.10 Å². The number of rotatable bonds is 4. The van der Waals surface area contributed by atoms with Gasteiger partial charge in [-0.15, -0.1) is 0 Å². The van der Waals surface area contributed by atoms with Crippen LogP contribution in [0.1, 0.15) is 18.2 Å². The van der Waals surface area contributed by atoms with Crippen LogP contribution in [-0.2, 0) is 0 Å². The second-order valence-electron chi connectivity index (χ2n) is 2.93. The minimum Gasteiger partial charge on any atom is -0.396 e. The van der Waals surface area contributed by atoms with E-state index < -0.39 is 12.2 Å².